The number of hydrogen-bond donors (Lipinski definition) is 2. The van der Waals surface area contributed by atoms with Crippen molar-refractivity contribution in [3.05, 3.63) is 47.9 Å². The van der Waals surface area contributed by atoms with Crippen molar-refractivity contribution in [2.75, 3.05) is 66.5 Å². The number of carbonyl (C=O) groups excluding carboxylic acids is 2. The van der Waals surface area contributed by atoms with Gasteiger partial charge >= 0.3 is 6.03 Å². The molecule has 2 bridgehead atoms. The number of anilines is 4. The summed E-state index contributed by atoms with van der Waals surface area (Å²) in [5.41, 5.74) is 0.550. The van der Waals surface area contributed by atoms with E-state index in [4.69, 9.17) is 24.2 Å². The molecule has 7 rings (SSSR count). The fourth-order valence-electron chi connectivity index (χ4n) is 7.19. The van der Waals surface area contributed by atoms with Gasteiger partial charge in [-0.2, -0.15) is 4.98 Å². The minimum absolute atomic E-state index is 0.0320. The van der Waals surface area contributed by atoms with Crippen LogP contribution in [0.3, 0.4) is 0 Å². The van der Waals surface area contributed by atoms with E-state index < -0.39 is 17.4 Å². The van der Waals surface area contributed by atoms with Crippen LogP contribution in [0.5, 0.6) is 5.88 Å². The Morgan fingerprint density at radius 3 is 2.53 bits per heavy atom. The van der Waals surface area contributed by atoms with Gasteiger partial charge in [0.1, 0.15) is 22.8 Å². The highest BCUT2D eigenvalue weighted by Crippen LogP contribution is 2.40. The Labute approximate surface area is 285 Å². The lowest BCUT2D eigenvalue weighted by atomic mass is 10.0. The summed E-state index contributed by atoms with van der Waals surface area (Å²) in [5.74, 6) is 0.448. The van der Waals surface area contributed by atoms with Crippen LogP contribution >= 0.6 is 0 Å². The molecule has 6 heterocycles. The summed E-state index contributed by atoms with van der Waals surface area (Å²) < 4.78 is 33.5. The first-order valence-corrected chi connectivity index (χ1v) is 17.1. The number of carbonyl (C=O) groups is 2. The van der Waals surface area contributed by atoms with E-state index in [1.165, 1.54) is 12.1 Å². The largest absolute Gasteiger partial charge is 0.469 e. The highest BCUT2D eigenvalue weighted by Gasteiger charge is 2.42. The van der Waals surface area contributed by atoms with Crippen molar-refractivity contribution < 1.29 is 28.2 Å². The van der Waals surface area contributed by atoms with E-state index in [1.54, 1.807) is 23.2 Å². The van der Waals surface area contributed by atoms with Crippen LogP contribution in [0.2, 0.25) is 0 Å². The van der Waals surface area contributed by atoms with E-state index in [0.717, 1.165) is 31.6 Å². The molecule has 0 saturated carbocycles. The van der Waals surface area contributed by atoms with Crippen LogP contribution in [0.25, 0.3) is 11.3 Å². The maximum absolute atomic E-state index is 15.8. The zero-order chi connectivity index (χ0) is 34.3. The van der Waals surface area contributed by atoms with Crippen LogP contribution in [0.1, 0.15) is 57.3 Å². The molecule has 3 amide bonds. The van der Waals surface area contributed by atoms with Gasteiger partial charge in [0.2, 0.25) is 11.8 Å². The Bertz CT molecular complexity index is 1710. The number of likely N-dealkylation sites (N-methyl/N-ethyl adjacent to an activating group) is 1. The third-order valence-electron chi connectivity index (χ3n) is 9.65. The molecule has 3 aromatic rings. The number of nitrogens with zero attached hydrogens (tertiary/aromatic N) is 6. The Kier molecular flexibility index (Phi) is 9.01. The summed E-state index contributed by atoms with van der Waals surface area (Å²) in [4.78, 5) is 47.2. The number of nitrogens with one attached hydrogen (secondary N) is 2. The Morgan fingerprint density at radius 1 is 1.04 bits per heavy atom. The average Bonchev–Trinajstić information content (AvgIpc) is 3.28. The number of morpholine rings is 2. The molecular formula is C35H43FN8O5. The van der Waals surface area contributed by atoms with E-state index >= 15 is 4.39 Å². The summed E-state index contributed by atoms with van der Waals surface area (Å²) >= 11 is 0. The molecule has 4 aliphatic rings. The molecule has 4 aliphatic heterocycles. The van der Waals surface area contributed by atoms with E-state index in [9.17, 15) is 9.59 Å². The molecule has 3 atom stereocenters. The normalized spacial score (nSPS) is 23.1. The number of hydrogen-bond acceptors (Lipinski definition) is 10. The molecule has 0 spiro atoms. The van der Waals surface area contributed by atoms with Gasteiger partial charge in [-0.3, -0.25) is 4.79 Å². The van der Waals surface area contributed by atoms with Gasteiger partial charge in [0.05, 0.1) is 74.4 Å². The number of urea groups is 1. The molecule has 0 aliphatic carbocycles. The van der Waals surface area contributed by atoms with E-state index in [-0.39, 0.29) is 46.9 Å². The van der Waals surface area contributed by atoms with E-state index in [2.05, 4.69) is 32.3 Å². The minimum atomic E-state index is -0.716. The number of aromatic nitrogens is 3. The highest BCUT2D eigenvalue weighted by atomic mass is 19.1. The lowest BCUT2D eigenvalue weighted by molar-refractivity contribution is 0.0540. The molecule has 0 radical (unpaired) electrons. The van der Waals surface area contributed by atoms with Crippen LogP contribution in [-0.4, -0.2) is 102 Å². The van der Waals surface area contributed by atoms with Gasteiger partial charge in [0.25, 0.3) is 5.91 Å². The Hall–Kier alpha value is -4.56. The molecule has 2 N–H and O–H groups in total. The van der Waals surface area contributed by atoms with Crippen molar-refractivity contribution in [2.45, 2.75) is 70.7 Å². The van der Waals surface area contributed by atoms with Gasteiger partial charge in [-0.05, 0) is 64.3 Å². The summed E-state index contributed by atoms with van der Waals surface area (Å²) in [7, 11) is 0. The topological polar surface area (TPSA) is 134 Å². The first kappa shape index (κ1) is 33.0. The zero-order valence-corrected chi connectivity index (χ0v) is 28.4. The lowest BCUT2D eigenvalue weighted by Crippen LogP contribution is -2.47. The quantitative estimate of drug-likeness (QED) is 0.355. The number of pyridine rings is 1. The zero-order valence-electron chi connectivity index (χ0n) is 28.4. The maximum Gasteiger partial charge on any atom is 0.323 e. The van der Waals surface area contributed by atoms with Crippen molar-refractivity contribution in [1.82, 2.24) is 19.9 Å². The number of amides is 3. The lowest BCUT2D eigenvalue weighted by Gasteiger charge is -2.36. The molecule has 1 aromatic carbocycles. The van der Waals surface area contributed by atoms with Crippen LogP contribution in [0.4, 0.5) is 32.3 Å². The number of halogens is 1. The van der Waals surface area contributed by atoms with Gasteiger partial charge in [0, 0.05) is 18.7 Å². The third kappa shape index (κ3) is 6.58. The molecule has 260 valence electrons. The molecule has 13 nitrogen and oxygen atoms in total. The van der Waals surface area contributed by atoms with Crippen molar-refractivity contribution in [3.8, 4) is 17.1 Å². The summed E-state index contributed by atoms with van der Waals surface area (Å²) in [5, 5.41) is 5.31. The molecule has 14 heteroatoms. The van der Waals surface area contributed by atoms with Crippen molar-refractivity contribution in [2.24, 2.45) is 0 Å². The van der Waals surface area contributed by atoms with E-state index in [1.807, 2.05) is 26.8 Å². The SMILES string of the molecule is CCC1COCCN1c1ccc(NC(=O)Nc2ccc(-c3nc(N4C5CCC4COC5)nc4c3C(=O)N(CC)CC(C)(C)O4)cc2F)cn1. The van der Waals surface area contributed by atoms with Gasteiger partial charge < -0.3 is 39.5 Å². The highest BCUT2D eigenvalue weighted by molar-refractivity contribution is 6.03. The van der Waals surface area contributed by atoms with E-state index in [0.29, 0.717) is 56.7 Å². The molecule has 3 saturated heterocycles. The van der Waals surface area contributed by atoms with Gasteiger partial charge in [-0.15, -0.1) is 0 Å². The molecule has 3 fully saturated rings. The first-order chi connectivity index (χ1) is 23.6. The van der Waals surface area contributed by atoms with Crippen molar-refractivity contribution >= 4 is 35.1 Å². The molecular weight excluding hydrogens is 631 g/mol. The fraction of sp³-hybridized carbons (Fsp3) is 0.514. The number of ether oxygens (including phenoxy) is 3. The van der Waals surface area contributed by atoms with Crippen molar-refractivity contribution in [3.63, 3.8) is 0 Å². The molecule has 3 unspecified atom stereocenters. The van der Waals surface area contributed by atoms with Crippen molar-refractivity contribution in [1.29, 1.82) is 0 Å². The Morgan fingerprint density at radius 2 is 1.84 bits per heavy atom. The van der Waals surface area contributed by atoms with Gasteiger partial charge in [0.15, 0.2) is 0 Å². The second-order valence-electron chi connectivity index (χ2n) is 13.6. The second kappa shape index (κ2) is 13.4. The number of rotatable bonds is 7. The minimum Gasteiger partial charge on any atom is -0.469 e. The predicted molar refractivity (Wildman–Crippen MR) is 183 cm³/mol. The van der Waals surface area contributed by atoms with Gasteiger partial charge in [-0.1, -0.05) is 13.0 Å². The summed E-state index contributed by atoms with van der Waals surface area (Å²) in [6.07, 6.45) is 4.40. The smallest absolute Gasteiger partial charge is 0.323 e. The number of benzene rings is 1. The number of fused-ring (bicyclic) bond motifs is 3. The first-order valence-electron chi connectivity index (χ1n) is 17.1. The van der Waals surface area contributed by atoms with Crippen LogP contribution in [0.15, 0.2) is 36.5 Å². The summed E-state index contributed by atoms with van der Waals surface area (Å²) in [6.45, 7) is 11.8. The second-order valence-corrected chi connectivity index (χ2v) is 13.6. The van der Waals surface area contributed by atoms with Gasteiger partial charge in [-0.25, -0.2) is 19.2 Å². The Balaban J connectivity index is 1.15. The van der Waals surface area contributed by atoms with Crippen LogP contribution in [-0.2, 0) is 9.47 Å². The third-order valence-corrected chi connectivity index (χ3v) is 9.65. The molecule has 2 aromatic heterocycles. The molecule has 49 heavy (non-hydrogen) atoms. The standard InChI is InChI=1S/C35H43FN8O5/c1-5-23-17-47-14-13-43(23)28-12-8-22(16-37-28)38-34(46)39-27-11-7-21(15-26(27)36)30-29-31(49-35(3,4)20-42(6-2)32(29)45)41-33(40-30)44-24-9-10-25(44)19-48-18-24/h7-8,11-12,15-16,23-25H,5-6,9-10,13-14,17-20H2,1-4H3,(H2,38,39,46). The predicted octanol–water partition coefficient (Wildman–Crippen LogP) is 4.94. The fourth-order valence-corrected chi connectivity index (χ4v) is 7.19. The maximum atomic E-state index is 15.8. The average molecular weight is 675 g/mol. The van der Waals surface area contributed by atoms with Crippen LogP contribution in [0, 0.1) is 5.82 Å². The summed E-state index contributed by atoms with van der Waals surface area (Å²) in [6, 6.07) is 7.83. The van der Waals surface area contributed by atoms with Crippen LogP contribution < -0.4 is 25.2 Å². The monoisotopic (exact) mass is 674 g/mol.